The van der Waals surface area contributed by atoms with Crippen LogP contribution in [0.1, 0.15) is 46.2 Å². The Labute approximate surface area is 157 Å². The summed E-state index contributed by atoms with van der Waals surface area (Å²) in [5.41, 5.74) is 2.44. The van der Waals surface area contributed by atoms with E-state index in [9.17, 15) is 14.4 Å². The number of hydrogen-bond acceptors (Lipinski definition) is 4. The molecule has 1 saturated heterocycles. The van der Waals surface area contributed by atoms with Crippen molar-refractivity contribution in [2.45, 2.75) is 39.2 Å². The summed E-state index contributed by atoms with van der Waals surface area (Å²) < 4.78 is 1.41. The largest absolute Gasteiger partial charge is 0.364 e. The molecule has 0 bridgehead atoms. The molecule has 2 aromatic heterocycles. The molecule has 3 rings (SSSR count). The predicted octanol–water partition coefficient (Wildman–Crippen LogP) is 0.954. The van der Waals surface area contributed by atoms with Gasteiger partial charge in [0.05, 0.1) is 5.56 Å². The quantitative estimate of drug-likeness (QED) is 0.836. The van der Waals surface area contributed by atoms with E-state index in [-0.39, 0.29) is 24.3 Å². The molecular weight excluding hydrogens is 346 g/mol. The first-order valence-electron chi connectivity index (χ1n) is 9.13. The summed E-state index contributed by atoms with van der Waals surface area (Å²) in [5.74, 6) is -0.176. The molecule has 0 aliphatic carbocycles. The summed E-state index contributed by atoms with van der Waals surface area (Å²) in [4.78, 5) is 45.8. The van der Waals surface area contributed by atoms with Crippen molar-refractivity contribution in [1.82, 2.24) is 24.8 Å². The number of aromatic amines is 1. The first-order valence-corrected chi connectivity index (χ1v) is 9.13. The first kappa shape index (κ1) is 18.9. The Morgan fingerprint density at radius 2 is 2.15 bits per heavy atom. The Kier molecular flexibility index (Phi) is 5.43. The van der Waals surface area contributed by atoms with Gasteiger partial charge in [0, 0.05) is 49.3 Å². The van der Waals surface area contributed by atoms with E-state index in [4.69, 9.17) is 0 Å². The Morgan fingerprint density at radius 1 is 1.37 bits per heavy atom. The van der Waals surface area contributed by atoms with Crippen molar-refractivity contribution in [3.05, 3.63) is 51.5 Å². The molecule has 1 aliphatic rings. The fraction of sp³-hybridized carbons (Fsp3) is 0.474. The summed E-state index contributed by atoms with van der Waals surface area (Å²) in [7, 11) is 1.60. The van der Waals surface area contributed by atoms with Crippen LogP contribution in [0.3, 0.4) is 0 Å². The summed E-state index contributed by atoms with van der Waals surface area (Å²) in [5, 5.41) is 2.65. The summed E-state index contributed by atoms with van der Waals surface area (Å²) >= 11 is 0. The van der Waals surface area contributed by atoms with Crippen LogP contribution < -0.4 is 11.0 Å². The highest BCUT2D eigenvalue weighted by atomic mass is 16.2. The van der Waals surface area contributed by atoms with Gasteiger partial charge in [-0.2, -0.15) is 4.98 Å². The maximum atomic E-state index is 12.8. The number of aromatic nitrogens is 3. The number of piperidine rings is 1. The molecule has 0 spiro atoms. The minimum absolute atomic E-state index is 0.0162. The molecule has 1 aliphatic heterocycles. The van der Waals surface area contributed by atoms with Crippen molar-refractivity contribution in [3.8, 4) is 0 Å². The van der Waals surface area contributed by atoms with Crippen LogP contribution in [0.5, 0.6) is 0 Å². The fourth-order valence-corrected chi connectivity index (χ4v) is 3.69. The van der Waals surface area contributed by atoms with Crippen LogP contribution in [0.25, 0.3) is 0 Å². The Hall–Kier alpha value is -2.90. The highest BCUT2D eigenvalue weighted by molar-refractivity contribution is 5.95. The molecule has 1 atom stereocenters. The molecule has 1 unspecified atom stereocenters. The van der Waals surface area contributed by atoms with E-state index in [2.05, 4.69) is 15.3 Å². The SMILES string of the molecule is CNC(=O)c1cc[nH]c1C1CCCN(C(=O)Cn2c(C)cc(C)nc2=O)C1. The standard InChI is InChI=1S/C19H25N5O3/c1-12-9-13(2)24(19(27)22-12)11-16(25)23-8-4-5-14(10-23)17-15(6-7-21-17)18(26)20-3/h6-7,9,14,21H,4-5,8,10-11H2,1-3H3,(H,20,26). The van der Waals surface area contributed by atoms with Gasteiger partial charge >= 0.3 is 5.69 Å². The number of aryl methyl sites for hydroxylation is 2. The van der Waals surface area contributed by atoms with Crippen LogP contribution in [0.15, 0.2) is 23.1 Å². The average Bonchev–Trinajstić information content (AvgIpc) is 3.13. The second-order valence-corrected chi connectivity index (χ2v) is 6.97. The van der Waals surface area contributed by atoms with Gasteiger partial charge in [-0.05, 0) is 38.8 Å². The van der Waals surface area contributed by atoms with Gasteiger partial charge in [0.25, 0.3) is 5.91 Å². The van der Waals surface area contributed by atoms with Crippen LogP contribution >= 0.6 is 0 Å². The number of likely N-dealkylation sites (tertiary alicyclic amines) is 1. The zero-order valence-electron chi connectivity index (χ0n) is 15.9. The second-order valence-electron chi connectivity index (χ2n) is 6.97. The van der Waals surface area contributed by atoms with Gasteiger partial charge in [-0.15, -0.1) is 0 Å². The molecule has 1 fully saturated rings. The molecule has 0 aromatic carbocycles. The number of amides is 2. The van der Waals surface area contributed by atoms with Gasteiger partial charge in [-0.1, -0.05) is 0 Å². The van der Waals surface area contributed by atoms with E-state index in [1.54, 1.807) is 44.1 Å². The van der Waals surface area contributed by atoms with Gasteiger partial charge in [0.15, 0.2) is 0 Å². The molecule has 27 heavy (non-hydrogen) atoms. The third-order valence-corrected chi connectivity index (χ3v) is 5.07. The van der Waals surface area contributed by atoms with Crippen LogP contribution in [0.2, 0.25) is 0 Å². The van der Waals surface area contributed by atoms with E-state index >= 15 is 0 Å². The Bertz CT molecular complexity index is 914. The lowest BCUT2D eigenvalue weighted by atomic mass is 9.92. The van der Waals surface area contributed by atoms with Crippen LogP contribution in [0.4, 0.5) is 0 Å². The number of hydrogen-bond donors (Lipinski definition) is 2. The number of carbonyl (C=O) groups excluding carboxylic acids is 2. The van der Waals surface area contributed by atoms with Gasteiger partial charge in [-0.25, -0.2) is 4.79 Å². The molecular formula is C19H25N5O3. The third kappa shape index (κ3) is 3.94. The number of rotatable bonds is 4. The smallest absolute Gasteiger partial charge is 0.348 e. The lowest BCUT2D eigenvalue weighted by Crippen LogP contribution is -2.43. The third-order valence-electron chi connectivity index (χ3n) is 5.07. The minimum atomic E-state index is -0.402. The molecule has 8 heteroatoms. The predicted molar refractivity (Wildman–Crippen MR) is 101 cm³/mol. The number of nitrogens with one attached hydrogen (secondary N) is 2. The fourth-order valence-electron chi connectivity index (χ4n) is 3.69. The maximum Gasteiger partial charge on any atom is 0.348 e. The van der Waals surface area contributed by atoms with E-state index in [1.807, 2.05) is 0 Å². The lowest BCUT2D eigenvalue weighted by molar-refractivity contribution is -0.133. The molecule has 2 N–H and O–H groups in total. The van der Waals surface area contributed by atoms with E-state index < -0.39 is 5.69 Å². The van der Waals surface area contributed by atoms with Crippen molar-refractivity contribution in [3.63, 3.8) is 0 Å². The molecule has 2 amide bonds. The molecule has 0 saturated carbocycles. The monoisotopic (exact) mass is 371 g/mol. The zero-order valence-corrected chi connectivity index (χ0v) is 15.9. The van der Waals surface area contributed by atoms with Crippen LogP contribution in [-0.4, -0.2) is 51.4 Å². The average molecular weight is 371 g/mol. The molecule has 8 nitrogen and oxygen atoms in total. The summed E-state index contributed by atoms with van der Waals surface area (Å²) in [6.45, 7) is 4.72. The van der Waals surface area contributed by atoms with Gasteiger partial charge in [0.1, 0.15) is 6.54 Å². The zero-order chi connectivity index (χ0) is 19.6. The topological polar surface area (TPSA) is 100 Å². The number of carbonyl (C=O) groups is 2. The second kappa shape index (κ2) is 7.77. The Balaban J connectivity index is 1.75. The van der Waals surface area contributed by atoms with Crippen LogP contribution in [-0.2, 0) is 11.3 Å². The maximum absolute atomic E-state index is 12.8. The van der Waals surface area contributed by atoms with E-state index in [0.717, 1.165) is 24.2 Å². The number of nitrogens with zero attached hydrogens (tertiary/aromatic N) is 3. The first-order chi connectivity index (χ1) is 12.9. The van der Waals surface area contributed by atoms with Crippen molar-refractivity contribution in [2.24, 2.45) is 0 Å². The molecule has 144 valence electrons. The van der Waals surface area contributed by atoms with Gasteiger partial charge in [0.2, 0.25) is 5.91 Å². The van der Waals surface area contributed by atoms with Gasteiger partial charge < -0.3 is 15.2 Å². The summed E-state index contributed by atoms with van der Waals surface area (Å²) in [6, 6.07) is 3.55. The van der Waals surface area contributed by atoms with Crippen molar-refractivity contribution in [2.75, 3.05) is 20.1 Å². The highest BCUT2D eigenvalue weighted by Gasteiger charge is 2.28. The van der Waals surface area contributed by atoms with E-state index in [0.29, 0.717) is 24.3 Å². The van der Waals surface area contributed by atoms with Crippen molar-refractivity contribution >= 4 is 11.8 Å². The van der Waals surface area contributed by atoms with Crippen molar-refractivity contribution in [1.29, 1.82) is 0 Å². The van der Waals surface area contributed by atoms with Gasteiger partial charge in [-0.3, -0.25) is 14.2 Å². The molecule has 2 aromatic rings. The minimum Gasteiger partial charge on any atom is -0.364 e. The number of H-pyrrole nitrogens is 1. The molecule has 3 heterocycles. The highest BCUT2D eigenvalue weighted by Crippen LogP contribution is 2.28. The Morgan fingerprint density at radius 3 is 2.85 bits per heavy atom. The lowest BCUT2D eigenvalue weighted by Gasteiger charge is -2.33. The molecule has 0 radical (unpaired) electrons. The van der Waals surface area contributed by atoms with Crippen LogP contribution in [0, 0.1) is 13.8 Å². The normalized spacial score (nSPS) is 17.0. The summed E-state index contributed by atoms with van der Waals surface area (Å²) in [6.07, 6.45) is 3.50. The van der Waals surface area contributed by atoms with Crippen molar-refractivity contribution < 1.29 is 9.59 Å². The van der Waals surface area contributed by atoms with E-state index in [1.165, 1.54) is 4.57 Å².